The van der Waals surface area contributed by atoms with Crippen molar-refractivity contribution in [3.63, 3.8) is 0 Å². The summed E-state index contributed by atoms with van der Waals surface area (Å²) >= 11 is 0. The molecular formula is C16H23FN2O4. The fourth-order valence-corrected chi connectivity index (χ4v) is 2.47. The van der Waals surface area contributed by atoms with Crippen LogP contribution in [0, 0.1) is 5.82 Å². The van der Waals surface area contributed by atoms with Crippen LogP contribution in [0.25, 0.3) is 0 Å². The van der Waals surface area contributed by atoms with Gasteiger partial charge >= 0.3 is 0 Å². The van der Waals surface area contributed by atoms with Gasteiger partial charge in [0.15, 0.2) is 0 Å². The van der Waals surface area contributed by atoms with E-state index < -0.39 is 6.10 Å². The zero-order valence-electron chi connectivity index (χ0n) is 13.3. The minimum absolute atomic E-state index is 0.00709. The van der Waals surface area contributed by atoms with Gasteiger partial charge in [-0.15, -0.1) is 0 Å². The Morgan fingerprint density at radius 3 is 2.52 bits per heavy atom. The number of methoxy groups -OCH3 is 1. The summed E-state index contributed by atoms with van der Waals surface area (Å²) in [5.41, 5.74) is 0. The molecule has 1 aromatic rings. The number of aliphatic hydroxyl groups excluding tert-OH is 1. The van der Waals surface area contributed by atoms with Gasteiger partial charge in [0.2, 0.25) is 5.91 Å². The SMILES string of the molecule is COCC(=O)N1CCN(CC(O)COc2ccc(F)cc2)CC1. The number of halogens is 1. The first-order valence-electron chi connectivity index (χ1n) is 7.64. The first kappa shape index (κ1) is 17.7. The van der Waals surface area contributed by atoms with E-state index in [0.29, 0.717) is 38.5 Å². The summed E-state index contributed by atoms with van der Waals surface area (Å²) in [4.78, 5) is 15.6. The van der Waals surface area contributed by atoms with Gasteiger partial charge in [-0.2, -0.15) is 0 Å². The second kappa shape index (κ2) is 8.81. The maximum Gasteiger partial charge on any atom is 0.248 e. The summed E-state index contributed by atoms with van der Waals surface area (Å²) < 4.78 is 23.1. The fraction of sp³-hybridized carbons (Fsp3) is 0.562. The van der Waals surface area contributed by atoms with Crippen molar-refractivity contribution < 1.29 is 23.8 Å². The molecule has 1 amide bonds. The van der Waals surface area contributed by atoms with Crippen LogP contribution in [0.1, 0.15) is 0 Å². The Bertz CT molecular complexity index is 489. The van der Waals surface area contributed by atoms with E-state index in [9.17, 15) is 14.3 Å². The van der Waals surface area contributed by atoms with Crippen molar-refractivity contribution in [2.24, 2.45) is 0 Å². The van der Waals surface area contributed by atoms with Gasteiger partial charge in [0.1, 0.15) is 30.9 Å². The summed E-state index contributed by atoms with van der Waals surface area (Å²) in [7, 11) is 1.51. The van der Waals surface area contributed by atoms with Gasteiger partial charge < -0.3 is 19.5 Å². The molecule has 128 valence electrons. The number of ether oxygens (including phenoxy) is 2. The summed E-state index contributed by atoms with van der Waals surface area (Å²) in [5.74, 6) is 0.201. The van der Waals surface area contributed by atoms with Gasteiger partial charge in [-0.3, -0.25) is 9.69 Å². The number of carbonyl (C=O) groups is 1. The average molecular weight is 326 g/mol. The molecule has 23 heavy (non-hydrogen) atoms. The normalized spacial score (nSPS) is 17.1. The predicted molar refractivity (Wildman–Crippen MR) is 82.8 cm³/mol. The first-order chi connectivity index (χ1) is 11.1. The Labute approximate surface area is 135 Å². The van der Waals surface area contributed by atoms with Gasteiger partial charge in [-0.05, 0) is 24.3 Å². The predicted octanol–water partition coefficient (Wildman–Crippen LogP) is 0.356. The molecule has 1 heterocycles. The van der Waals surface area contributed by atoms with Crippen LogP contribution in [0.2, 0.25) is 0 Å². The first-order valence-corrected chi connectivity index (χ1v) is 7.64. The van der Waals surface area contributed by atoms with Gasteiger partial charge in [0.25, 0.3) is 0 Å². The molecule has 0 bridgehead atoms. The highest BCUT2D eigenvalue weighted by Crippen LogP contribution is 2.11. The molecule has 1 aliphatic heterocycles. The van der Waals surface area contributed by atoms with Crippen LogP contribution in [0.15, 0.2) is 24.3 Å². The fourth-order valence-electron chi connectivity index (χ4n) is 2.47. The summed E-state index contributed by atoms with van der Waals surface area (Å²) in [6, 6.07) is 5.69. The molecule has 2 rings (SSSR count). The van der Waals surface area contributed by atoms with E-state index >= 15 is 0 Å². The Kier molecular flexibility index (Phi) is 6.76. The maximum atomic E-state index is 12.8. The largest absolute Gasteiger partial charge is 0.491 e. The number of benzene rings is 1. The average Bonchev–Trinajstić information content (AvgIpc) is 2.55. The van der Waals surface area contributed by atoms with Crippen LogP contribution in [-0.4, -0.2) is 80.0 Å². The van der Waals surface area contributed by atoms with Gasteiger partial charge in [0, 0.05) is 39.8 Å². The number of piperazine rings is 1. The molecule has 1 aliphatic rings. The Morgan fingerprint density at radius 1 is 1.26 bits per heavy atom. The molecule has 6 nitrogen and oxygen atoms in total. The quantitative estimate of drug-likeness (QED) is 0.784. The van der Waals surface area contributed by atoms with E-state index in [-0.39, 0.29) is 24.9 Å². The highest BCUT2D eigenvalue weighted by Gasteiger charge is 2.22. The lowest BCUT2D eigenvalue weighted by molar-refractivity contribution is -0.137. The Balaban J connectivity index is 1.67. The summed E-state index contributed by atoms with van der Waals surface area (Å²) in [6.45, 7) is 3.42. The number of hydrogen-bond acceptors (Lipinski definition) is 5. The van der Waals surface area contributed by atoms with Crippen LogP contribution in [0.5, 0.6) is 5.75 Å². The van der Waals surface area contributed by atoms with Crippen LogP contribution in [-0.2, 0) is 9.53 Å². The number of nitrogens with zero attached hydrogens (tertiary/aromatic N) is 2. The van der Waals surface area contributed by atoms with Crippen molar-refractivity contribution in [2.45, 2.75) is 6.10 Å². The van der Waals surface area contributed by atoms with Crippen molar-refractivity contribution in [3.8, 4) is 5.75 Å². The monoisotopic (exact) mass is 326 g/mol. The van der Waals surface area contributed by atoms with Crippen molar-refractivity contribution >= 4 is 5.91 Å². The molecule has 1 atom stereocenters. The highest BCUT2D eigenvalue weighted by atomic mass is 19.1. The summed E-state index contributed by atoms with van der Waals surface area (Å²) in [6.07, 6.45) is -0.638. The third kappa shape index (κ3) is 5.78. The number of carbonyl (C=O) groups excluding carboxylic acids is 1. The number of amides is 1. The standard InChI is InChI=1S/C16H23FN2O4/c1-22-12-16(21)19-8-6-18(7-9-19)10-14(20)11-23-15-4-2-13(17)3-5-15/h2-5,14,20H,6-12H2,1H3. The molecule has 1 unspecified atom stereocenters. The molecule has 0 aliphatic carbocycles. The molecular weight excluding hydrogens is 303 g/mol. The lowest BCUT2D eigenvalue weighted by Crippen LogP contribution is -2.51. The highest BCUT2D eigenvalue weighted by molar-refractivity contribution is 5.77. The lowest BCUT2D eigenvalue weighted by atomic mass is 10.2. The lowest BCUT2D eigenvalue weighted by Gasteiger charge is -2.35. The van der Waals surface area contributed by atoms with Crippen LogP contribution in [0.3, 0.4) is 0 Å². The van der Waals surface area contributed by atoms with E-state index in [4.69, 9.17) is 9.47 Å². The smallest absolute Gasteiger partial charge is 0.248 e. The molecule has 0 aromatic heterocycles. The van der Waals surface area contributed by atoms with E-state index in [1.807, 2.05) is 0 Å². The van der Waals surface area contributed by atoms with Crippen molar-refractivity contribution in [1.29, 1.82) is 0 Å². The van der Waals surface area contributed by atoms with Crippen molar-refractivity contribution in [2.75, 3.05) is 53.0 Å². The van der Waals surface area contributed by atoms with Crippen LogP contribution >= 0.6 is 0 Å². The number of β-amino-alcohol motifs (C(OH)–C–C–N with tert-alkyl or cyclic N) is 1. The molecule has 1 saturated heterocycles. The molecule has 0 radical (unpaired) electrons. The third-order valence-electron chi connectivity index (χ3n) is 3.72. The van der Waals surface area contributed by atoms with Crippen molar-refractivity contribution in [1.82, 2.24) is 9.80 Å². The molecule has 1 N–H and O–H groups in total. The molecule has 7 heteroatoms. The summed E-state index contributed by atoms with van der Waals surface area (Å²) in [5, 5.41) is 10.0. The maximum absolute atomic E-state index is 12.8. The molecule has 0 spiro atoms. The minimum atomic E-state index is -0.638. The van der Waals surface area contributed by atoms with Crippen LogP contribution in [0.4, 0.5) is 4.39 Å². The topological polar surface area (TPSA) is 62.2 Å². The second-order valence-corrected chi connectivity index (χ2v) is 5.53. The molecule has 0 saturated carbocycles. The van der Waals surface area contributed by atoms with E-state index in [0.717, 1.165) is 0 Å². The van der Waals surface area contributed by atoms with Crippen LogP contribution < -0.4 is 4.74 Å². The van der Waals surface area contributed by atoms with E-state index in [2.05, 4.69) is 4.90 Å². The molecule has 1 aromatic carbocycles. The zero-order chi connectivity index (χ0) is 16.7. The zero-order valence-corrected chi connectivity index (χ0v) is 13.3. The third-order valence-corrected chi connectivity index (χ3v) is 3.72. The van der Waals surface area contributed by atoms with E-state index in [1.54, 1.807) is 4.90 Å². The van der Waals surface area contributed by atoms with E-state index in [1.165, 1.54) is 31.4 Å². The Hall–Kier alpha value is -1.70. The van der Waals surface area contributed by atoms with Gasteiger partial charge in [0.05, 0.1) is 0 Å². The number of rotatable bonds is 7. The van der Waals surface area contributed by atoms with Crippen molar-refractivity contribution in [3.05, 3.63) is 30.1 Å². The molecule has 1 fully saturated rings. The Morgan fingerprint density at radius 2 is 1.91 bits per heavy atom. The number of aliphatic hydroxyl groups is 1. The number of hydrogen-bond donors (Lipinski definition) is 1. The van der Waals surface area contributed by atoms with Gasteiger partial charge in [-0.1, -0.05) is 0 Å². The van der Waals surface area contributed by atoms with Gasteiger partial charge in [-0.25, -0.2) is 4.39 Å². The minimum Gasteiger partial charge on any atom is -0.491 e. The second-order valence-electron chi connectivity index (χ2n) is 5.53.